The summed E-state index contributed by atoms with van der Waals surface area (Å²) < 4.78 is 0. The van der Waals surface area contributed by atoms with Gasteiger partial charge in [-0.15, -0.1) is 0 Å². The SMILES string of the molecule is Cc1ccc(C2NC=Cc3c2ccc2ccccc32)cc1. The third kappa shape index (κ3) is 2.02. The number of hydrogen-bond donors (Lipinski definition) is 1. The summed E-state index contributed by atoms with van der Waals surface area (Å²) in [6.45, 7) is 2.12. The van der Waals surface area contributed by atoms with Crippen LogP contribution in [0, 0.1) is 6.92 Å². The van der Waals surface area contributed by atoms with Crippen LogP contribution in [0.3, 0.4) is 0 Å². The number of hydrogen-bond acceptors (Lipinski definition) is 1. The molecule has 0 bridgehead atoms. The van der Waals surface area contributed by atoms with Crippen LogP contribution in [-0.2, 0) is 0 Å². The smallest absolute Gasteiger partial charge is 0.0768 e. The van der Waals surface area contributed by atoms with Gasteiger partial charge in [0, 0.05) is 0 Å². The molecule has 0 aromatic heterocycles. The Balaban J connectivity index is 1.90. The maximum Gasteiger partial charge on any atom is 0.0768 e. The average molecular weight is 271 g/mol. The molecule has 1 N–H and O–H groups in total. The van der Waals surface area contributed by atoms with E-state index in [-0.39, 0.29) is 6.04 Å². The highest BCUT2D eigenvalue weighted by Gasteiger charge is 2.19. The molecule has 0 saturated carbocycles. The Kier molecular flexibility index (Phi) is 2.78. The zero-order valence-electron chi connectivity index (χ0n) is 12.0. The maximum absolute atomic E-state index is 3.50. The van der Waals surface area contributed by atoms with E-state index in [1.54, 1.807) is 0 Å². The highest BCUT2D eigenvalue weighted by atomic mass is 14.9. The zero-order valence-corrected chi connectivity index (χ0v) is 12.0. The van der Waals surface area contributed by atoms with Gasteiger partial charge in [0.25, 0.3) is 0 Å². The van der Waals surface area contributed by atoms with Gasteiger partial charge in [-0.2, -0.15) is 0 Å². The number of aryl methyl sites for hydroxylation is 1. The van der Waals surface area contributed by atoms with Crippen LogP contribution in [-0.4, -0.2) is 0 Å². The van der Waals surface area contributed by atoms with Crippen molar-refractivity contribution < 1.29 is 0 Å². The van der Waals surface area contributed by atoms with E-state index in [0.717, 1.165) is 0 Å². The number of rotatable bonds is 1. The Bertz CT molecular complexity index is 828. The zero-order chi connectivity index (χ0) is 14.2. The molecule has 3 aromatic carbocycles. The van der Waals surface area contributed by atoms with Crippen LogP contribution in [0.25, 0.3) is 16.8 Å². The van der Waals surface area contributed by atoms with Crippen molar-refractivity contribution >= 4 is 16.8 Å². The lowest BCUT2D eigenvalue weighted by atomic mass is 9.89. The normalized spacial score (nSPS) is 16.5. The number of benzene rings is 3. The summed E-state index contributed by atoms with van der Waals surface area (Å²) >= 11 is 0. The highest BCUT2D eigenvalue weighted by molar-refractivity contribution is 5.92. The molecule has 21 heavy (non-hydrogen) atoms. The first-order chi connectivity index (χ1) is 10.3. The number of nitrogens with one attached hydrogen (secondary N) is 1. The van der Waals surface area contributed by atoms with E-state index >= 15 is 0 Å². The first-order valence-electron chi connectivity index (χ1n) is 7.34. The minimum atomic E-state index is 0.232. The molecule has 1 heteroatoms. The summed E-state index contributed by atoms with van der Waals surface area (Å²) in [5.41, 5.74) is 5.28. The van der Waals surface area contributed by atoms with Crippen molar-refractivity contribution in [1.29, 1.82) is 0 Å². The predicted molar refractivity (Wildman–Crippen MR) is 89.1 cm³/mol. The van der Waals surface area contributed by atoms with E-state index in [2.05, 4.69) is 85.2 Å². The first-order valence-corrected chi connectivity index (χ1v) is 7.34. The minimum absolute atomic E-state index is 0.232. The first kappa shape index (κ1) is 12.2. The fraction of sp³-hybridized carbons (Fsp3) is 0.100. The van der Waals surface area contributed by atoms with Gasteiger partial charge in [0.05, 0.1) is 6.04 Å². The third-order valence-electron chi connectivity index (χ3n) is 4.24. The van der Waals surface area contributed by atoms with Crippen LogP contribution in [0.2, 0.25) is 0 Å². The molecule has 0 spiro atoms. The van der Waals surface area contributed by atoms with Gasteiger partial charge in [0.1, 0.15) is 0 Å². The van der Waals surface area contributed by atoms with Crippen molar-refractivity contribution in [2.75, 3.05) is 0 Å². The lowest BCUT2D eigenvalue weighted by Gasteiger charge is -2.25. The van der Waals surface area contributed by atoms with Crippen LogP contribution in [0.5, 0.6) is 0 Å². The second kappa shape index (κ2) is 4.78. The van der Waals surface area contributed by atoms with Crippen molar-refractivity contribution in [2.24, 2.45) is 0 Å². The van der Waals surface area contributed by atoms with Gasteiger partial charge >= 0.3 is 0 Å². The fourth-order valence-corrected chi connectivity index (χ4v) is 3.10. The monoisotopic (exact) mass is 271 g/mol. The summed E-state index contributed by atoms with van der Waals surface area (Å²) in [6.07, 6.45) is 4.25. The Morgan fingerprint density at radius 1 is 0.857 bits per heavy atom. The lowest BCUT2D eigenvalue weighted by molar-refractivity contribution is 0.722. The lowest BCUT2D eigenvalue weighted by Crippen LogP contribution is -2.20. The molecular weight excluding hydrogens is 254 g/mol. The van der Waals surface area contributed by atoms with Crippen molar-refractivity contribution in [2.45, 2.75) is 13.0 Å². The number of fused-ring (bicyclic) bond motifs is 3. The molecule has 1 nitrogen and oxygen atoms in total. The van der Waals surface area contributed by atoms with Crippen LogP contribution in [0.15, 0.2) is 66.9 Å². The maximum atomic E-state index is 3.50. The summed E-state index contributed by atoms with van der Waals surface area (Å²) in [6, 6.07) is 22.1. The molecule has 1 heterocycles. The Morgan fingerprint density at radius 2 is 1.67 bits per heavy atom. The average Bonchev–Trinajstić information content (AvgIpc) is 2.55. The van der Waals surface area contributed by atoms with E-state index in [1.165, 1.54) is 33.0 Å². The van der Waals surface area contributed by atoms with Crippen molar-refractivity contribution in [1.82, 2.24) is 5.32 Å². The minimum Gasteiger partial charge on any atom is -0.380 e. The third-order valence-corrected chi connectivity index (χ3v) is 4.24. The van der Waals surface area contributed by atoms with Gasteiger partial charge in [-0.3, -0.25) is 0 Å². The largest absolute Gasteiger partial charge is 0.380 e. The van der Waals surface area contributed by atoms with Crippen LogP contribution >= 0.6 is 0 Å². The van der Waals surface area contributed by atoms with Gasteiger partial charge in [-0.1, -0.05) is 66.2 Å². The molecule has 102 valence electrons. The summed E-state index contributed by atoms with van der Waals surface area (Å²) in [5.74, 6) is 0. The predicted octanol–water partition coefficient (Wildman–Crippen LogP) is 4.81. The second-order valence-corrected chi connectivity index (χ2v) is 5.63. The van der Waals surface area contributed by atoms with Crippen LogP contribution < -0.4 is 5.32 Å². The fourth-order valence-electron chi connectivity index (χ4n) is 3.10. The molecule has 3 aromatic rings. The highest BCUT2D eigenvalue weighted by Crippen LogP contribution is 2.33. The van der Waals surface area contributed by atoms with E-state index in [1.807, 2.05) is 0 Å². The Hall–Kier alpha value is -2.54. The van der Waals surface area contributed by atoms with Crippen molar-refractivity contribution in [3.8, 4) is 0 Å². The quantitative estimate of drug-likeness (QED) is 0.669. The van der Waals surface area contributed by atoms with Gasteiger partial charge < -0.3 is 5.32 Å². The molecule has 0 radical (unpaired) electrons. The molecule has 1 atom stereocenters. The van der Waals surface area contributed by atoms with Gasteiger partial charge in [0.2, 0.25) is 0 Å². The van der Waals surface area contributed by atoms with Crippen LogP contribution in [0.4, 0.5) is 0 Å². The second-order valence-electron chi connectivity index (χ2n) is 5.63. The molecule has 1 aliphatic heterocycles. The van der Waals surface area contributed by atoms with E-state index in [9.17, 15) is 0 Å². The van der Waals surface area contributed by atoms with E-state index in [4.69, 9.17) is 0 Å². The molecule has 0 aliphatic carbocycles. The summed E-state index contributed by atoms with van der Waals surface area (Å²) in [7, 11) is 0. The molecule has 0 fully saturated rings. The van der Waals surface area contributed by atoms with Gasteiger partial charge in [-0.25, -0.2) is 0 Å². The molecular formula is C20H17N. The Labute approximate surface area is 124 Å². The molecule has 0 saturated heterocycles. The van der Waals surface area contributed by atoms with E-state index < -0.39 is 0 Å². The molecule has 1 aliphatic rings. The molecule has 4 rings (SSSR count). The molecule has 0 amide bonds. The summed E-state index contributed by atoms with van der Waals surface area (Å²) in [5, 5.41) is 6.12. The van der Waals surface area contributed by atoms with Gasteiger partial charge in [0.15, 0.2) is 0 Å². The Morgan fingerprint density at radius 3 is 2.52 bits per heavy atom. The van der Waals surface area contributed by atoms with Gasteiger partial charge in [-0.05, 0) is 46.7 Å². The van der Waals surface area contributed by atoms with Crippen LogP contribution in [0.1, 0.15) is 28.3 Å². The standard InChI is InChI=1S/C20H17N/c1-14-6-8-16(9-7-14)20-19-11-10-15-4-2-3-5-17(15)18(19)12-13-21-20/h2-13,20-21H,1H3. The van der Waals surface area contributed by atoms with Crippen molar-refractivity contribution in [3.05, 3.63) is 89.1 Å². The molecule has 1 unspecified atom stereocenters. The van der Waals surface area contributed by atoms with Crippen molar-refractivity contribution in [3.63, 3.8) is 0 Å². The topological polar surface area (TPSA) is 12.0 Å². The summed E-state index contributed by atoms with van der Waals surface area (Å²) in [4.78, 5) is 0. The van der Waals surface area contributed by atoms with E-state index in [0.29, 0.717) is 0 Å².